The van der Waals surface area contributed by atoms with Gasteiger partial charge in [0.1, 0.15) is 33.2 Å². The van der Waals surface area contributed by atoms with Crippen LogP contribution in [0.1, 0.15) is 134 Å². The SMILES string of the molecule is CC1(C)CC(O)CC(C)(C)[NH+]1OC(=O)CC(O)(CC(=O)O[NH+]1C(C)(C)CC(O)CC1(C)C)C(=O)O[NH+]1C(C)(C)CC(O)CC1(C)C. The van der Waals surface area contributed by atoms with Gasteiger partial charge in [0.15, 0.2) is 5.60 Å². The number of rotatable bonds is 8. The van der Waals surface area contributed by atoms with E-state index in [4.69, 9.17) is 14.5 Å². The average molecular weight is 661 g/mol. The Bertz CT molecular complexity index is 1050. The van der Waals surface area contributed by atoms with Crippen molar-refractivity contribution in [2.24, 2.45) is 0 Å². The number of hydrogen-bond acceptors (Lipinski definition) is 10. The van der Waals surface area contributed by atoms with Gasteiger partial charge in [-0.25, -0.2) is 14.4 Å². The smallest absolute Gasteiger partial charge is 0.393 e. The highest BCUT2D eigenvalue weighted by molar-refractivity contribution is 5.89. The van der Waals surface area contributed by atoms with E-state index in [1.54, 1.807) is 0 Å². The molecule has 46 heavy (non-hydrogen) atoms. The van der Waals surface area contributed by atoms with E-state index in [-0.39, 0.29) is 0 Å². The van der Waals surface area contributed by atoms with Crippen molar-refractivity contribution in [3.63, 3.8) is 0 Å². The molecule has 0 aromatic heterocycles. The maximum atomic E-state index is 14.0. The molecule has 3 rings (SSSR count). The highest BCUT2D eigenvalue weighted by atomic mass is 16.7. The van der Waals surface area contributed by atoms with E-state index < -0.39 is 87.9 Å². The molecule has 0 aliphatic carbocycles. The third-order valence-electron chi connectivity index (χ3n) is 10.0. The molecule has 0 aromatic rings. The number of piperidine rings is 3. The molecule has 3 fully saturated rings. The van der Waals surface area contributed by atoms with Gasteiger partial charge in [0, 0.05) is 38.5 Å². The van der Waals surface area contributed by atoms with Crippen LogP contribution < -0.4 is 15.2 Å². The lowest BCUT2D eigenvalue weighted by Crippen LogP contribution is -3.27. The zero-order valence-electron chi connectivity index (χ0n) is 30.1. The van der Waals surface area contributed by atoms with Gasteiger partial charge >= 0.3 is 17.9 Å². The van der Waals surface area contributed by atoms with Crippen molar-refractivity contribution in [3.8, 4) is 0 Å². The van der Waals surface area contributed by atoms with E-state index in [0.29, 0.717) is 53.7 Å². The summed E-state index contributed by atoms with van der Waals surface area (Å²) in [7, 11) is 0. The van der Waals surface area contributed by atoms with Crippen molar-refractivity contribution >= 4 is 17.9 Å². The fourth-order valence-electron chi connectivity index (χ4n) is 9.06. The quantitative estimate of drug-likeness (QED) is 0.155. The van der Waals surface area contributed by atoms with Crippen LogP contribution in [0, 0.1) is 0 Å². The van der Waals surface area contributed by atoms with Crippen LogP contribution in [0.5, 0.6) is 0 Å². The Morgan fingerprint density at radius 1 is 0.522 bits per heavy atom. The number of carbonyl (C=O) groups is 3. The van der Waals surface area contributed by atoms with E-state index in [1.807, 2.05) is 83.1 Å². The Kier molecular flexibility index (Phi) is 10.5. The number of aliphatic hydroxyl groups is 4. The van der Waals surface area contributed by atoms with Crippen LogP contribution in [-0.4, -0.2) is 95.5 Å². The summed E-state index contributed by atoms with van der Waals surface area (Å²) in [6, 6.07) is 0. The van der Waals surface area contributed by atoms with Crippen LogP contribution >= 0.6 is 0 Å². The highest BCUT2D eigenvalue weighted by Gasteiger charge is 2.58. The molecule has 0 unspecified atom stereocenters. The highest BCUT2D eigenvalue weighted by Crippen LogP contribution is 2.28. The number of hydrogen-bond donors (Lipinski definition) is 7. The molecule has 0 bridgehead atoms. The first-order chi connectivity index (χ1) is 20.5. The second kappa shape index (κ2) is 12.5. The Morgan fingerprint density at radius 2 is 0.739 bits per heavy atom. The molecule has 13 nitrogen and oxygen atoms in total. The van der Waals surface area contributed by atoms with Gasteiger partial charge in [-0.1, -0.05) is 0 Å². The van der Waals surface area contributed by atoms with E-state index >= 15 is 0 Å². The van der Waals surface area contributed by atoms with Crippen molar-refractivity contribution in [2.45, 2.75) is 192 Å². The van der Waals surface area contributed by atoms with Crippen molar-refractivity contribution < 1.29 is 64.5 Å². The Labute approximate surface area is 274 Å². The number of aliphatic hydroxyl groups excluding tert-OH is 3. The van der Waals surface area contributed by atoms with Crippen LogP contribution in [0.15, 0.2) is 0 Å². The van der Waals surface area contributed by atoms with Crippen LogP contribution in [0.25, 0.3) is 0 Å². The average Bonchev–Trinajstić information content (AvgIpc) is 2.78. The van der Waals surface area contributed by atoms with Crippen LogP contribution in [0.2, 0.25) is 0 Å². The summed E-state index contributed by atoms with van der Waals surface area (Å²) in [6.07, 6.45) is -1.43. The van der Waals surface area contributed by atoms with Crippen molar-refractivity contribution in [1.29, 1.82) is 0 Å². The van der Waals surface area contributed by atoms with Gasteiger partial charge in [-0.3, -0.25) is 14.5 Å². The van der Waals surface area contributed by atoms with Crippen molar-refractivity contribution in [3.05, 3.63) is 0 Å². The van der Waals surface area contributed by atoms with E-state index in [1.165, 1.54) is 0 Å². The second-order valence-corrected chi connectivity index (χ2v) is 18.2. The fourth-order valence-corrected chi connectivity index (χ4v) is 9.06. The molecule has 0 radical (unpaired) electrons. The van der Waals surface area contributed by atoms with Crippen molar-refractivity contribution in [2.75, 3.05) is 0 Å². The molecule has 0 saturated carbocycles. The van der Waals surface area contributed by atoms with Crippen LogP contribution in [0.3, 0.4) is 0 Å². The topological polar surface area (TPSA) is 173 Å². The predicted molar refractivity (Wildman–Crippen MR) is 166 cm³/mol. The van der Waals surface area contributed by atoms with Crippen LogP contribution in [0.4, 0.5) is 0 Å². The van der Waals surface area contributed by atoms with Gasteiger partial charge in [-0.15, -0.1) is 15.2 Å². The van der Waals surface area contributed by atoms with Gasteiger partial charge in [-0.05, 0) is 83.1 Å². The first kappa shape index (κ1) is 38.6. The number of quaternary nitrogens is 3. The summed E-state index contributed by atoms with van der Waals surface area (Å²) in [4.78, 5) is 58.9. The largest absolute Gasteiger partial charge is 0.398 e. The summed E-state index contributed by atoms with van der Waals surface area (Å²) in [6.45, 7) is 22.2. The third kappa shape index (κ3) is 8.40. The Morgan fingerprint density at radius 3 is 0.978 bits per heavy atom. The second-order valence-electron chi connectivity index (χ2n) is 18.2. The zero-order valence-corrected chi connectivity index (χ0v) is 30.1. The minimum Gasteiger partial charge on any atom is -0.393 e. The Hall–Kier alpha value is -1.87. The first-order valence-electron chi connectivity index (χ1n) is 16.6. The van der Waals surface area contributed by atoms with Crippen molar-refractivity contribution in [1.82, 2.24) is 0 Å². The summed E-state index contributed by atoms with van der Waals surface area (Å²) in [5, 5.41) is 44.5. The van der Waals surface area contributed by atoms with E-state index in [9.17, 15) is 34.8 Å². The normalized spacial score (nSPS) is 35.2. The minimum atomic E-state index is -2.64. The molecular weight excluding hydrogens is 598 g/mol. The lowest BCUT2D eigenvalue weighted by molar-refractivity contribution is -1.15. The third-order valence-corrected chi connectivity index (χ3v) is 10.0. The standard InChI is InChI=1S/C33H59N3O10/c1-27(2)13-21(37)14-28(3,4)34(27)44-24(40)19-33(43,26(42)46-36-31(9,10)17-23(39)18-32(36,11)12)20-25(41)45-35-29(5,6)15-22(38)16-30(35,7)8/h21-23,37-39,43H,13-20H2,1-12H3/p+3. The zero-order chi connectivity index (χ0) is 35.5. The molecule has 0 spiro atoms. The maximum absolute atomic E-state index is 14.0. The molecule has 266 valence electrons. The molecular formula is C33H62N3O10+3. The molecule has 0 aromatic carbocycles. The van der Waals surface area contributed by atoms with Gasteiger partial charge in [0.25, 0.3) is 0 Å². The van der Waals surface area contributed by atoms with Gasteiger partial charge < -0.3 is 20.4 Å². The molecule has 3 saturated heterocycles. The lowest BCUT2D eigenvalue weighted by atomic mass is 9.80. The monoisotopic (exact) mass is 660 g/mol. The molecule has 3 heterocycles. The number of hydroxylamine groups is 6. The van der Waals surface area contributed by atoms with Gasteiger partial charge in [0.05, 0.1) is 31.2 Å². The summed E-state index contributed by atoms with van der Waals surface area (Å²) >= 11 is 0. The molecule has 0 amide bonds. The summed E-state index contributed by atoms with van der Waals surface area (Å²) in [5.74, 6) is -3.02. The minimum absolute atomic E-state index is 0.324. The van der Waals surface area contributed by atoms with E-state index in [2.05, 4.69) is 0 Å². The summed E-state index contributed by atoms with van der Waals surface area (Å²) < 4.78 is 0. The first-order valence-corrected chi connectivity index (χ1v) is 16.6. The molecule has 0 atom stereocenters. The molecule has 3 aliphatic rings. The van der Waals surface area contributed by atoms with Crippen LogP contribution in [-0.2, 0) is 28.9 Å². The fraction of sp³-hybridized carbons (Fsp3) is 0.909. The predicted octanol–water partition coefficient (Wildman–Crippen LogP) is -1.34. The van der Waals surface area contributed by atoms with Gasteiger partial charge in [-0.2, -0.15) is 0 Å². The number of carbonyl (C=O) groups excluding carboxylic acids is 3. The lowest BCUT2D eigenvalue weighted by Gasteiger charge is -2.48. The van der Waals surface area contributed by atoms with E-state index in [0.717, 1.165) is 0 Å². The Balaban J connectivity index is 1.92. The van der Waals surface area contributed by atoms with Gasteiger partial charge in [0.2, 0.25) is 0 Å². The summed E-state index contributed by atoms with van der Waals surface area (Å²) in [5.41, 5.74) is -6.87. The maximum Gasteiger partial charge on any atom is 0.398 e. The molecule has 13 heteroatoms. The molecule has 3 aliphatic heterocycles. The molecule has 7 N–H and O–H groups in total. The number of nitrogens with one attached hydrogen (secondary N) is 3.